The Morgan fingerprint density at radius 1 is 1.36 bits per heavy atom. The fourth-order valence-electron chi connectivity index (χ4n) is 1.96. The number of hydrogen-bond acceptors (Lipinski definition) is 5. The highest BCUT2D eigenvalue weighted by Crippen LogP contribution is 2.20. The van der Waals surface area contributed by atoms with E-state index in [-0.39, 0.29) is 17.2 Å². The van der Waals surface area contributed by atoms with Crippen molar-refractivity contribution in [1.29, 1.82) is 0 Å². The lowest BCUT2D eigenvalue weighted by atomic mass is 10.1. The van der Waals surface area contributed by atoms with Crippen LogP contribution in [0.15, 0.2) is 28.8 Å². The predicted octanol–water partition coefficient (Wildman–Crippen LogP) is 1.66. The summed E-state index contributed by atoms with van der Waals surface area (Å²) in [6.07, 6.45) is 0.506. The average molecular weight is 304 g/mol. The van der Waals surface area contributed by atoms with Gasteiger partial charge in [0.2, 0.25) is 0 Å². The first-order valence-corrected chi connectivity index (χ1v) is 6.63. The summed E-state index contributed by atoms with van der Waals surface area (Å²) < 4.78 is 10.0. The van der Waals surface area contributed by atoms with Gasteiger partial charge in [-0.25, -0.2) is 4.79 Å². The molecular formula is C15H16N2O5. The predicted molar refractivity (Wildman–Crippen MR) is 77.2 cm³/mol. The van der Waals surface area contributed by atoms with Gasteiger partial charge in [0.15, 0.2) is 5.69 Å². The van der Waals surface area contributed by atoms with Gasteiger partial charge in [-0.2, -0.15) is 0 Å². The van der Waals surface area contributed by atoms with Crippen molar-refractivity contribution in [3.63, 3.8) is 0 Å². The number of benzene rings is 1. The van der Waals surface area contributed by atoms with Crippen LogP contribution in [0.5, 0.6) is 5.75 Å². The Balaban J connectivity index is 1.96. The first-order chi connectivity index (χ1) is 10.5. The van der Waals surface area contributed by atoms with Crippen LogP contribution in [0.25, 0.3) is 0 Å². The summed E-state index contributed by atoms with van der Waals surface area (Å²) in [4.78, 5) is 22.7. The van der Waals surface area contributed by atoms with Crippen molar-refractivity contribution in [3.8, 4) is 5.75 Å². The van der Waals surface area contributed by atoms with E-state index in [2.05, 4.69) is 10.5 Å². The highest BCUT2D eigenvalue weighted by Gasteiger charge is 2.12. The van der Waals surface area contributed by atoms with E-state index in [1.807, 2.05) is 0 Å². The summed E-state index contributed by atoms with van der Waals surface area (Å²) in [5, 5.41) is 15.3. The van der Waals surface area contributed by atoms with E-state index >= 15 is 0 Å². The lowest BCUT2D eigenvalue weighted by Gasteiger charge is -2.09. The molecule has 0 aliphatic carbocycles. The zero-order valence-corrected chi connectivity index (χ0v) is 12.3. The number of carbonyl (C=O) groups excluding carboxylic acids is 1. The highest BCUT2D eigenvalue weighted by molar-refractivity contribution is 5.92. The van der Waals surface area contributed by atoms with Crippen molar-refractivity contribution in [1.82, 2.24) is 10.5 Å². The number of hydrogen-bond donors (Lipinski definition) is 2. The Kier molecular flexibility index (Phi) is 4.77. The monoisotopic (exact) mass is 304 g/mol. The van der Waals surface area contributed by atoms with Crippen LogP contribution in [-0.4, -0.2) is 35.8 Å². The lowest BCUT2D eigenvalue weighted by molar-refractivity contribution is 0.0696. The zero-order valence-electron chi connectivity index (χ0n) is 12.3. The Bertz CT molecular complexity index is 693. The molecule has 0 fully saturated rings. The number of aryl methyl sites for hydroxylation is 1. The average Bonchev–Trinajstić information content (AvgIpc) is 2.93. The molecule has 2 rings (SSSR count). The molecule has 2 N–H and O–H groups in total. The Morgan fingerprint density at radius 3 is 2.73 bits per heavy atom. The largest absolute Gasteiger partial charge is 0.496 e. The topological polar surface area (TPSA) is 102 Å². The van der Waals surface area contributed by atoms with E-state index in [1.54, 1.807) is 19.1 Å². The van der Waals surface area contributed by atoms with Crippen molar-refractivity contribution < 1.29 is 24.0 Å². The fraction of sp³-hybridized carbons (Fsp3) is 0.267. The maximum Gasteiger partial charge on any atom is 0.335 e. The number of methoxy groups -OCH3 is 1. The third-order valence-electron chi connectivity index (χ3n) is 3.07. The van der Waals surface area contributed by atoms with Crippen LogP contribution in [0.1, 0.15) is 32.2 Å². The van der Waals surface area contributed by atoms with E-state index in [4.69, 9.17) is 14.4 Å². The number of aromatic nitrogens is 1. The van der Waals surface area contributed by atoms with Crippen molar-refractivity contribution in [2.45, 2.75) is 13.3 Å². The standard InChI is InChI=1S/C15H16N2O5/c1-9-7-12(17-22-9)14(18)16-6-5-10-3-4-11(15(19)20)8-13(10)21-2/h3-4,7-8H,5-6H2,1-2H3,(H,16,18)(H,19,20). The number of ether oxygens (including phenoxy) is 1. The second-order valence-corrected chi connectivity index (χ2v) is 4.66. The number of carboxylic acids is 1. The smallest absolute Gasteiger partial charge is 0.335 e. The van der Waals surface area contributed by atoms with Crippen LogP contribution in [-0.2, 0) is 6.42 Å². The molecule has 2 aromatic rings. The van der Waals surface area contributed by atoms with E-state index < -0.39 is 5.97 Å². The molecule has 7 nitrogen and oxygen atoms in total. The van der Waals surface area contributed by atoms with E-state index in [0.717, 1.165) is 5.56 Å². The second-order valence-electron chi connectivity index (χ2n) is 4.66. The molecule has 0 aliphatic rings. The van der Waals surface area contributed by atoms with Crippen LogP contribution in [0.4, 0.5) is 0 Å². The summed E-state index contributed by atoms with van der Waals surface area (Å²) in [5.41, 5.74) is 1.19. The molecule has 0 radical (unpaired) electrons. The molecule has 1 aromatic heterocycles. The number of nitrogens with one attached hydrogen (secondary N) is 1. The molecule has 0 spiro atoms. The van der Waals surface area contributed by atoms with Crippen molar-refractivity contribution in [2.75, 3.05) is 13.7 Å². The number of nitrogens with zero attached hydrogens (tertiary/aromatic N) is 1. The fourth-order valence-corrected chi connectivity index (χ4v) is 1.96. The third kappa shape index (κ3) is 3.63. The number of amides is 1. The van der Waals surface area contributed by atoms with E-state index in [0.29, 0.717) is 24.5 Å². The summed E-state index contributed by atoms with van der Waals surface area (Å²) in [6.45, 7) is 2.08. The van der Waals surface area contributed by atoms with Crippen molar-refractivity contribution in [3.05, 3.63) is 46.8 Å². The Hall–Kier alpha value is -2.83. The minimum atomic E-state index is -1.01. The number of aromatic carboxylic acids is 1. The molecule has 0 saturated heterocycles. The summed E-state index contributed by atoms with van der Waals surface area (Å²) in [7, 11) is 1.47. The Morgan fingerprint density at radius 2 is 2.14 bits per heavy atom. The van der Waals surface area contributed by atoms with Gasteiger partial charge in [0.05, 0.1) is 12.7 Å². The minimum absolute atomic E-state index is 0.155. The number of carboxylic acid groups (broad SMARTS) is 1. The van der Waals surface area contributed by atoms with Crippen LogP contribution in [0, 0.1) is 6.92 Å². The normalized spacial score (nSPS) is 10.3. The van der Waals surface area contributed by atoms with E-state index in [1.165, 1.54) is 19.2 Å². The maximum absolute atomic E-state index is 11.8. The molecule has 1 heterocycles. The van der Waals surface area contributed by atoms with Crippen LogP contribution in [0.3, 0.4) is 0 Å². The molecule has 1 aromatic carbocycles. The lowest BCUT2D eigenvalue weighted by Crippen LogP contribution is -2.26. The van der Waals surface area contributed by atoms with Crippen molar-refractivity contribution >= 4 is 11.9 Å². The maximum atomic E-state index is 11.8. The first kappa shape index (κ1) is 15.6. The molecule has 116 valence electrons. The van der Waals surface area contributed by atoms with Gasteiger partial charge < -0.3 is 19.7 Å². The number of rotatable bonds is 6. The zero-order chi connectivity index (χ0) is 16.1. The van der Waals surface area contributed by atoms with Gasteiger partial charge in [0, 0.05) is 12.6 Å². The molecule has 0 aliphatic heterocycles. The second kappa shape index (κ2) is 6.75. The summed E-state index contributed by atoms with van der Waals surface area (Å²) in [5.74, 6) is -0.292. The van der Waals surface area contributed by atoms with Gasteiger partial charge >= 0.3 is 5.97 Å². The molecule has 7 heteroatoms. The van der Waals surface area contributed by atoms with Gasteiger partial charge in [-0.3, -0.25) is 4.79 Å². The number of carbonyl (C=O) groups is 2. The highest BCUT2D eigenvalue weighted by atomic mass is 16.5. The SMILES string of the molecule is COc1cc(C(=O)O)ccc1CCNC(=O)c1cc(C)on1. The van der Waals surface area contributed by atoms with Crippen LogP contribution in [0.2, 0.25) is 0 Å². The van der Waals surface area contributed by atoms with Crippen LogP contribution < -0.4 is 10.1 Å². The molecule has 22 heavy (non-hydrogen) atoms. The van der Waals surface area contributed by atoms with E-state index in [9.17, 15) is 9.59 Å². The molecule has 0 bridgehead atoms. The molecule has 0 atom stereocenters. The molecule has 1 amide bonds. The summed E-state index contributed by atoms with van der Waals surface area (Å²) in [6, 6.07) is 6.19. The third-order valence-corrected chi connectivity index (χ3v) is 3.07. The van der Waals surface area contributed by atoms with Gasteiger partial charge in [-0.15, -0.1) is 0 Å². The van der Waals surface area contributed by atoms with Crippen molar-refractivity contribution in [2.24, 2.45) is 0 Å². The summed E-state index contributed by atoms with van der Waals surface area (Å²) >= 11 is 0. The van der Waals surface area contributed by atoms with Gasteiger partial charge in [-0.05, 0) is 31.0 Å². The Labute approximate surface area is 126 Å². The molecule has 0 unspecified atom stereocenters. The minimum Gasteiger partial charge on any atom is -0.496 e. The van der Waals surface area contributed by atoms with Gasteiger partial charge in [-0.1, -0.05) is 11.2 Å². The van der Waals surface area contributed by atoms with Gasteiger partial charge in [0.25, 0.3) is 5.91 Å². The molecule has 0 saturated carbocycles. The van der Waals surface area contributed by atoms with Gasteiger partial charge in [0.1, 0.15) is 11.5 Å². The van der Waals surface area contributed by atoms with Crippen LogP contribution >= 0.6 is 0 Å². The quantitative estimate of drug-likeness (QED) is 0.841. The first-order valence-electron chi connectivity index (χ1n) is 6.63. The molecular weight excluding hydrogens is 288 g/mol.